The maximum absolute atomic E-state index is 12.7. The maximum atomic E-state index is 12.7. The van der Waals surface area contributed by atoms with Crippen molar-refractivity contribution in [2.45, 2.75) is 44.2 Å². The second-order valence-corrected chi connectivity index (χ2v) is 6.80. The number of likely N-dealkylation sites (tertiary alicyclic amines) is 2. The Morgan fingerprint density at radius 1 is 1.39 bits per heavy atom. The van der Waals surface area contributed by atoms with E-state index in [1.807, 2.05) is 17.8 Å². The van der Waals surface area contributed by atoms with Crippen molar-refractivity contribution in [3.63, 3.8) is 0 Å². The van der Waals surface area contributed by atoms with Gasteiger partial charge in [-0.2, -0.15) is 0 Å². The fourth-order valence-electron chi connectivity index (χ4n) is 3.79. The van der Waals surface area contributed by atoms with E-state index in [2.05, 4.69) is 14.8 Å². The molecule has 6 heteroatoms. The van der Waals surface area contributed by atoms with E-state index in [0.29, 0.717) is 12.5 Å². The molecule has 2 atom stereocenters. The van der Waals surface area contributed by atoms with Crippen LogP contribution in [0, 0.1) is 0 Å². The van der Waals surface area contributed by atoms with Gasteiger partial charge in [0, 0.05) is 51.6 Å². The van der Waals surface area contributed by atoms with Crippen LogP contribution in [0.5, 0.6) is 0 Å². The number of amides is 1. The van der Waals surface area contributed by atoms with Crippen molar-refractivity contribution >= 4 is 5.91 Å². The number of methoxy groups -OCH3 is 1. The fraction of sp³-hybridized carbons (Fsp3) is 0.765. The molecule has 0 aliphatic carbocycles. The Morgan fingerprint density at radius 2 is 2.17 bits per heavy atom. The molecule has 0 radical (unpaired) electrons. The lowest BCUT2D eigenvalue weighted by Crippen LogP contribution is -2.42. The second kappa shape index (κ2) is 7.45. The number of carbonyl (C=O) groups excluding carboxylic acids is 1. The zero-order chi connectivity index (χ0) is 16.2. The van der Waals surface area contributed by atoms with Crippen LogP contribution >= 0.6 is 0 Å². The van der Waals surface area contributed by atoms with Gasteiger partial charge in [0.2, 0.25) is 5.91 Å². The average molecular weight is 320 g/mol. The lowest BCUT2D eigenvalue weighted by Gasteiger charge is -2.28. The molecule has 0 N–H and O–H groups in total. The Bertz CT molecular complexity index is 524. The zero-order valence-corrected chi connectivity index (χ0v) is 14.3. The molecule has 2 fully saturated rings. The number of ether oxygens (including phenoxy) is 1. The summed E-state index contributed by atoms with van der Waals surface area (Å²) in [6.45, 7) is 4.08. The molecule has 1 aromatic rings. The minimum absolute atomic E-state index is 0.184. The number of hydrogen-bond acceptors (Lipinski definition) is 4. The zero-order valence-electron chi connectivity index (χ0n) is 14.3. The first-order valence-corrected chi connectivity index (χ1v) is 8.67. The summed E-state index contributed by atoms with van der Waals surface area (Å²) in [5.74, 6) is 0.245. The quantitative estimate of drug-likeness (QED) is 0.787. The second-order valence-electron chi connectivity index (χ2n) is 6.80. The van der Waals surface area contributed by atoms with E-state index >= 15 is 0 Å². The van der Waals surface area contributed by atoms with Crippen molar-refractivity contribution in [3.8, 4) is 0 Å². The van der Waals surface area contributed by atoms with Gasteiger partial charge in [-0.05, 0) is 38.8 Å². The molecule has 2 aliphatic rings. The van der Waals surface area contributed by atoms with Gasteiger partial charge in [0.05, 0.1) is 12.4 Å². The highest BCUT2D eigenvalue weighted by Gasteiger charge is 2.36. The predicted molar refractivity (Wildman–Crippen MR) is 88.1 cm³/mol. The highest BCUT2D eigenvalue weighted by molar-refractivity contribution is 5.77. The predicted octanol–water partition coefficient (Wildman–Crippen LogP) is 1.06. The number of aryl methyl sites for hydroxylation is 2. The van der Waals surface area contributed by atoms with E-state index in [0.717, 1.165) is 31.6 Å². The van der Waals surface area contributed by atoms with Crippen LogP contribution in [-0.2, 0) is 23.0 Å². The number of imidazole rings is 1. The van der Waals surface area contributed by atoms with Gasteiger partial charge in [-0.15, -0.1) is 0 Å². The molecule has 23 heavy (non-hydrogen) atoms. The third-order valence-corrected chi connectivity index (χ3v) is 5.21. The minimum Gasteiger partial charge on any atom is -0.380 e. The van der Waals surface area contributed by atoms with Crippen LogP contribution in [0.25, 0.3) is 0 Å². The first kappa shape index (κ1) is 16.5. The molecule has 0 aromatic carbocycles. The standard InChI is InChI=1S/C17H28N4O2/c1-19-13-18-10-14(19)5-6-17(22)21-12-16(23-2)9-15(21)11-20-7-3-4-8-20/h10,13,15-16H,3-9,11-12H2,1-2H3/t15-,16-/m0/s1. The normalized spacial score (nSPS) is 25.4. The molecule has 6 nitrogen and oxygen atoms in total. The van der Waals surface area contributed by atoms with Crippen molar-refractivity contribution in [1.82, 2.24) is 19.4 Å². The fourth-order valence-corrected chi connectivity index (χ4v) is 3.79. The van der Waals surface area contributed by atoms with Crippen LogP contribution in [0.1, 0.15) is 31.4 Å². The van der Waals surface area contributed by atoms with Crippen LogP contribution in [0.15, 0.2) is 12.5 Å². The Balaban J connectivity index is 1.57. The van der Waals surface area contributed by atoms with Gasteiger partial charge in [0.25, 0.3) is 0 Å². The summed E-state index contributed by atoms with van der Waals surface area (Å²) in [5, 5.41) is 0. The molecule has 1 amide bonds. The topological polar surface area (TPSA) is 50.6 Å². The number of aromatic nitrogens is 2. The summed E-state index contributed by atoms with van der Waals surface area (Å²) < 4.78 is 7.51. The van der Waals surface area contributed by atoms with Crippen LogP contribution < -0.4 is 0 Å². The first-order valence-electron chi connectivity index (χ1n) is 8.67. The molecule has 1 aromatic heterocycles. The van der Waals surface area contributed by atoms with Crippen molar-refractivity contribution < 1.29 is 9.53 Å². The molecular formula is C17H28N4O2. The smallest absolute Gasteiger partial charge is 0.223 e. The van der Waals surface area contributed by atoms with E-state index in [9.17, 15) is 4.79 Å². The summed E-state index contributed by atoms with van der Waals surface area (Å²) in [6, 6.07) is 0.303. The van der Waals surface area contributed by atoms with E-state index in [-0.39, 0.29) is 12.0 Å². The maximum Gasteiger partial charge on any atom is 0.223 e. The van der Waals surface area contributed by atoms with Crippen molar-refractivity contribution in [1.29, 1.82) is 0 Å². The van der Waals surface area contributed by atoms with Crippen molar-refractivity contribution in [2.24, 2.45) is 7.05 Å². The molecule has 0 bridgehead atoms. The number of rotatable bonds is 6. The summed E-state index contributed by atoms with van der Waals surface area (Å²) in [6.07, 6.45) is 8.65. The lowest BCUT2D eigenvalue weighted by atomic mass is 10.1. The summed E-state index contributed by atoms with van der Waals surface area (Å²) in [5.41, 5.74) is 1.11. The van der Waals surface area contributed by atoms with E-state index < -0.39 is 0 Å². The Kier molecular flexibility index (Phi) is 5.33. The molecule has 2 aliphatic heterocycles. The molecule has 3 rings (SSSR count). The highest BCUT2D eigenvalue weighted by atomic mass is 16.5. The van der Waals surface area contributed by atoms with Gasteiger partial charge in [0.1, 0.15) is 0 Å². The largest absolute Gasteiger partial charge is 0.380 e. The van der Waals surface area contributed by atoms with Gasteiger partial charge < -0.3 is 19.1 Å². The van der Waals surface area contributed by atoms with Crippen LogP contribution in [0.4, 0.5) is 0 Å². The Labute approximate surface area is 138 Å². The van der Waals surface area contributed by atoms with Gasteiger partial charge in [-0.3, -0.25) is 4.79 Å². The van der Waals surface area contributed by atoms with Gasteiger partial charge in [-0.1, -0.05) is 0 Å². The van der Waals surface area contributed by atoms with E-state index in [1.54, 1.807) is 13.4 Å². The molecule has 0 saturated carbocycles. The SMILES string of the molecule is CO[C@H]1C[C@@H](CN2CCCC2)N(C(=O)CCc2cncn2C)C1. The van der Waals surface area contributed by atoms with Crippen molar-refractivity contribution in [3.05, 3.63) is 18.2 Å². The number of carbonyl (C=O) groups is 1. The number of nitrogens with zero attached hydrogens (tertiary/aromatic N) is 4. The van der Waals surface area contributed by atoms with E-state index in [4.69, 9.17) is 4.74 Å². The van der Waals surface area contributed by atoms with Crippen LogP contribution in [0.3, 0.4) is 0 Å². The molecule has 3 heterocycles. The minimum atomic E-state index is 0.184. The van der Waals surface area contributed by atoms with Crippen LogP contribution in [-0.4, -0.2) is 70.7 Å². The summed E-state index contributed by atoms with van der Waals surface area (Å²) >= 11 is 0. The summed E-state index contributed by atoms with van der Waals surface area (Å²) in [4.78, 5) is 21.4. The molecule has 0 spiro atoms. The molecular weight excluding hydrogens is 292 g/mol. The van der Waals surface area contributed by atoms with Crippen molar-refractivity contribution in [2.75, 3.05) is 33.3 Å². The van der Waals surface area contributed by atoms with Gasteiger partial charge >= 0.3 is 0 Å². The number of hydrogen-bond donors (Lipinski definition) is 0. The average Bonchev–Trinajstić information content (AvgIpc) is 3.27. The molecule has 0 unspecified atom stereocenters. The Hall–Kier alpha value is -1.40. The van der Waals surface area contributed by atoms with Crippen LogP contribution in [0.2, 0.25) is 0 Å². The molecule has 2 saturated heterocycles. The van der Waals surface area contributed by atoms with Gasteiger partial charge in [-0.25, -0.2) is 4.98 Å². The van der Waals surface area contributed by atoms with E-state index in [1.165, 1.54) is 25.9 Å². The Morgan fingerprint density at radius 3 is 2.83 bits per heavy atom. The lowest BCUT2D eigenvalue weighted by molar-refractivity contribution is -0.132. The monoisotopic (exact) mass is 320 g/mol. The highest BCUT2D eigenvalue weighted by Crippen LogP contribution is 2.23. The first-order chi connectivity index (χ1) is 11.2. The third-order valence-electron chi connectivity index (χ3n) is 5.21. The molecule has 128 valence electrons. The summed E-state index contributed by atoms with van der Waals surface area (Å²) in [7, 11) is 3.72. The third kappa shape index (κ3) is 3.93. The van der Waals surface area contributed by atoms with Gasteiger partial charge in [0.15, 0.2) is 0 Å².